The molecule has 0 saturated heterocycles. The molecule has 0 fully saturated rings. The van der Waals surface area contributed by atoms with Crippen LogP contribution in [-0.2, 0) is 10.0 Å². The first kappa shape index (κ1) is 18.8. The number of hydrogen-bond donors (Lipinski definition) is 0. The number of sulfonamides is 1. The predicted octanol–water partition coefficient (Wildman–Crippen LogP) is 5.55. The van der Waals surface area contributed by atoms with E-state index in [2.05, 4.69) is 0 Å². The van der Waals surface area contributed by atoms with Crippen LogP contribution in [0, 0.1) is 0 Å². The van der Waals surface area contributed by atoms with E-state index in [0.29, 0.717) is 26.3 Å². The first-order valence-electron chi connectivity index (χ1n) is 8.29. The van der Waals surface area contributed by atoms with Crippen LogP contribution in [-0.4, -0.2) is 23.8 Å². The third-order valence-electron chi connectivity index (χ3n) is 4.70. The normalized spacial score (nSPS) is 18.6. The Kier molecular flexibility index (Phi) is 4.77. The number of fused-ring (bicyclic) bond motifs is 3. The summed E-state index contributed by atoms with van der Waals surface area (Å²) in [7, 11) is -3.85. The molecule has 0 aliphatic carbocycles. The molecule has 4 nitrogen and oxygen atoms in total. The van der Waals surface area contributed by atoms with Crippen LogP contribution in [0.15, 0.2) is 59.6 Å². The summed E-state index contributed by atoms with van der Waals surface area (Å²) in [4.78, 5) is 0.153. The van der Waals surface area contributed by atoms with Crippen molar-refractivity contribution in [1.29, 1.82) is 0 Å². The van der Waals surface area contributed by atoms with E-state index in [1.165, 1.54) is 10.4 Å². The second kappa shape index (κ2) is 6.83. The quantitative estimate of drug-likeness (QED) is 0.523. The largest absolute Gasteiger partial charge is 0.318 e. The molecule has 1 unspecified atom stereocenters. The van der Waals surface area contributed by atoms with Crippen molar-refractivity contribution < 1.29 is 8.42 Å². The van der Waals surface area contributed by atoms with E-state index in [-0.39, 0.29) is 11.4 Å². The molecule has 8 heteroatoms. The molecule has 0 N–H and O–H groups in total. The molecule has 0 saturated carbocycles. The molecular weight excluding hydrogens is 427 g/mol. The summed E-state index contributed by atoms with van der Waals surface area (Å²) in [6, 6.07) is 13.1. The molecular formula is C19H15Cl3N2O2S. The SMILES string of the molecule is CCN1C(c2c(Cl)cccc2Cl)c2cccn2-c2ccc(Cl)cc2S1(=O)=O. The third kappa shape index (κ3) is 2.89. The number of halogens is 3. The molecule has 0 bridgehead atoms. The molecule has 0 radical (unpaired) electrons. The Hall–Kier alpha value is -1.50. The summed E-state index contributed by atoms with van der Waals surface area (Å²) in [5, 5.41) is 1.19. The highest BCUT2D eigenvalue weighted by Crippen LogP contribution is 2.44. The summed E-state index contributed by atoms with van der Waals surface area (Å²) in [5.41, 5.74) is 1.87. The summed E-state index contributed by atoms with van der Waals surface area (Å²) in [6.45, 7) is 2.03. The summed E-state index contributed by atoms with van der Waals surface area (Å²) in [6.07, 6.45) is 1.83. The topological polar surface area (TPSA) is 42.3 Å². The van der Waals surface area contributed by atoms with Gasteiger partial charge in [0.15, 0.2) is 0 Å². The van der Waals surface area contributed by atoms with E-state index in [0.717, 1.165) is 5.69 Å². The average molecular weight is 442 g/mol. The molecule has 2 aromatic carbocycles. The van der Waals surface area contributed by atoms with Crippen molar-refractivity contribution in [3.05, 3.63) is 81.1 Å². The van der Waals surface area contributed by atoms with Gasteiger partial charge in [0.2, 0.25) is 10.0 Å². The highest BCUT2D eigenvalue weighted by Gasteiger charge is 2.40. The van der Waals surface area contributed by atoms with Gasteiger partial charge in [-0.05, 0) is 42.5 Å². The van der Waals surface area contributed by atoms with Gasteiger partial charge in [0.1, 0.15) is 4.90 Å². The van der Waals surface area contributed by atoms with E-state index < -0.39 is 16.1 Å². The van der Waals surface area contributed by atoms with Gasteiger partial charge in [0.05, 0.1) is 11.7 Å². The fourth-order valence-corrected chi connectivity index (χ4v) is 6.19. The van der Waals surface area contributed by atoms with Crippen LogP contribution in [0.3, 0.4) is 0 Å². The van der Waals surface area contributed by atoms with Crippen molar-refractivity contribution >= 4 is 44.8 Å². The highest BCUT2D eigenvalue weighted by molar-refractivity contribution is 7.89. The number of aromatic nitrogens is 1. The van der Waals surface area contributed by atoms with Crippen molar-refractivity contribution in [2.45, 2.75) is 17.9 Å². The number of nitrogens with zero attached hydrogens (tertiary/aromatic N) is 2. The molecule has 140 valence electrons. The van der Waals surface area contributed by atoms with E-state index >= 15 is 0 Å². The second-order valence-electron chi connectivity index (χ2n) is 6.16. The summed E-state index contributed by atoms with van der Waals surface area (Å²) in [5.74, 6) is 0. The first-order chi connectivity index (χ1) is 12.9. The average Bonchev–Trinajstić information content (AvgIpc) is 3.07. The minimum absolute atomic E-state index is 0.153. The van der Waals surface area contributed by atoms with Crippen LogP contribution >= 0.6 is 34.8 Å². The molecule has 1 aliphatic rings. The van der Waals surface area contributed by atoms with Crippen LogP contribution in [0.25, 0.3) is 5.69 Å². The number of benzene rings is 2. The Labute approximate surface area is 172 Å². The van der Waals surface area contributed by atoms with Gasteiger partial charge < -0.3 is 4.57 Å². The van der Waals surface area contributed by atoms with Gasteiger partial charge in [-0.3, -0.25) is 0 Å². The fourth-order valence-electron chi connectivity index (χ4n) is 3.56. The highest BCUT2D eigenvalue weighted by atomic mass is 35.5. The zero-order valence-electron chi connectivity index (χ0n) is 14.2. The van der Waals surface area contributed by atoms with Crippen molar-refractivity contribution in [2.75, 3.05) is 6.54 Å². The number of hydrogen-bond acceptors (Lipinski definition) is 2. The van der Waals surface area contributed by atoms with Crippen LogP contribution in [0.1, 0.15) is 24.2 Å². The van der Waals surface area contributed by atoms with E-state index in [1.54, 1.807) is 37.3 Å². The zero-order valence-corrected chi connectivity index (χ0v) is 17.3. The molecule has 0 amide bonds. The fraction of sp³-hybridized carbons (Fsp3) is 0.158. The molecule has 1 aliphatic heterocycles. The lowest BCUT2D eigenvalue weighted by molar-refractivity contribution is 0.372. The Morgan fingerprint density at radius 1 is 1.00 bits per heavy atom. The lowest BCUT2D eigenvalue weighted by Crippen LogP contribution is -2.35. The Morgan fingerprint density at radius 2 is 1.70 bits per heavy atom. The smallest absolute Gasteiger partial charge is 0.246 e. The van der Waals surface area contributed by atoms with Crippen LogP contribution < -0.4 is 0 Å². The van der Waals surface area contributed by atoms with Gasteiger partial charge in [0.25, 0.3) is 0 Å². The van der Waals surface area contributed by atoms with Crippen molar-refractivity contribution in [3.8, 4) is 5.69 Å². The van der Waals surface area contributed by atoms with Gasteiger partial charge in [0, 0.05) is 39.1 Å². The second-order valence-corrected chi connectivity index (χ2v) is 9.27. The van der Waals surface area contributed by atoms with Crippen LogP contribution in [0.4, 0.5) is 0 Å². The Balaban J connectivity index is 2.11. The molecule has 27 heavy (non-hydrogen) atoms. The molecule has 1 atom stereocenters. The third-order valence-corrected chi connectivity index (χ3v) is 7.56. The van der Waals surface area contributed by atoms with E-state index in [4.69, 9.17) is 34.8 Å². The maximum Gasteiger partial charge on any atom is 0.246 e. The molecule has 3 aromatic rings. The minimum atomic E-state index is -3.85. The molecule has 0 spiro atoms. The molecule has 4 rings (SSSR count). The summed E-state index contributed by atoms with van der Waals surface area (Å²) >= 11 is 19.0. The van der Waals surface area contributed by atoms with Gasteiger partial charge in [-0.15, -0.1) is 0 Å². The molecule has 2 heterocycles. The van der Waals surface area contributed by atoms with Gasteiger partial charge >= 0.3 is 0 Å². The van der Waals surface area contributed by atoms with Gasteiger partial charge in [-0.25, -0.2) is 8.42 Å². The lowest BCUT2D eigenvalue weighted by Gasteiger charge is -2.29. The Bertz CT molecular complexity index is 1120. The first-order valence-corrected chi connectivity index (χ1v) is 10.9. The van der Waals surface area contributed by atoms with Crippen molar-refractivity contribution in [2.24, 2.45) is 0 Å². The minimum Gasteiger partial charge on any atom is -0.318 e. The Morgan fingerprint density at radius 3 is 2.37 bits per heavy atom. The maximum atomic E-state index is 13.5. The zero-order chi connectivity index (χ0) is 19.3. The molecule has 1 aromatic heterocycles. The monoisotopic (exact) mass is 440 g/mol. The predicted molar refractivity (Wildman–Crippen MR) is 109 cm³/mol. The van der Waals surface area contributed by atoms with Crippen molar-refractivity contribution in [1.82, 2.24) is 8.87 Å². The van der Waals surface area contributed by atoms with E-state index in [9.17, 15) is 8.42 Å². The maximum absolute atomic E-state index is 13.5. The van der Waals surface area contributed by atoms with Crippen LogP contribution in [0.2, 0.25) is 15.1 Å². The standard InChI is InChI=1S/C19H15Cl3N2O2S/c1-2-24-19(18-13(21)5-3-6-14(18)22)16-7-4-10-23(16)15-9-8-12(20)11-17(15)27(24,25)26/h3-11,19H,2H2,1H3. The summed E-state index contributed by atoms with van der Waals surface area (Å²) < 4.78 is 30.4. The number of rotatable bonds is 2. The van der Waals surface area contributed by atoms with Gasteiger partial charge in [-0.2, -0.15) is 4.31 Å². The lowest BCUT2D eigenvalue weighted by atomic mass is 10.0. The van der Waals surface area contributed by atoms with Crippen LogP contribution in [0.5, 0.6) is 0 Å². The van der Waals surface area contributed by atoms with Crippen molar-refractivity contribution in [3.63, 3.8) is 0 Å². The van der Waals surface area contributed by atoms with E-state index in [1.807, 2.05) is 22.9 Å². The van der Waals surface area contributed by atoms with Gasteiger partial charge in [-0.1, -0.05) is 47.8 Å².